The number of rotatable bonds is 5. The Bertz CT molecular complexity index is 575. The third-order valence-corrected chi connectivity index (χ3v) is 4.99. The maximum Gasteiger partial charge on any atom is 0.254 e. The highest BCUT2D eigenvalue weighted by Crippen LogP contribution is 2.38. The lowest BCUT2D eigenvalue weighted by atomic mass is 9.98. The molecule has 3 rings (SSSR count). The predicted molar refractivity (Wildman–Crippen MR) is 88.9 cm³/mol. The SMILES string of the molecule is CCOc1ccc(C(=O)N2CC3CCC(N)C3C2)cc1OCC. The maximum atomic E-state index is 12.8. The number of carbonyl (C=O) groups is 1. The molecule has 0 bridgehead atoms. The third-order valence-electron chi connectivity index (χ3n) is 4.99. The maximum absolute atomic E-state index is 12.8. The van der Waals surface area contributed by atoms with Gasteiger partial charge >= 0.3 is 0 Å². The van der Waals surface area contributed by atoms with Crippen LogP contribution in [0.4, 0.5) is 0 Å². The first-order valence-corrected chi connectivity index (χ1v) is 8.58. The van der Waals surface area contributed by atoms with E-state index in [9.17, 15) is 4.79 Å². The quantitative estimate of drug-likeness (QED) is 0.905. The largest absolute Gasteiger partial charge is 0.490 e. The molecule has 1 saturated heterocycles. The summed E-state index contributed by atoms with van der Waals surface area (Å²) >= 11 is 0. The van der Waals surface area contributed by atoms with Gasteiger partial charge in [0.05, 0.1) is 13.2 Å². The molecule has 3 atom stereocenters. The summed E-state index contributed by atoms with van der Waals surface area (Å²) in [5, 5.41) is 0. The molecule has 1 saturated carbocycles. The summed E-state index contributed by atoms with van der Waals surface area (Å²) in [5.41, 5.74) is 6.82. The van der Waals surface area contributed by atoms with Gasteiger partial charge in [-0.25, -0.2) is 0 Å². The van der Waals surface area contributed by atoms with Crippen molar-refractivity contribution in [3.8, 4) is 11.5 Å². The molecule has 0 aromatic heterocycles. The first-order chi connectivity index (χ1) is 11.1. The van der Waals surface area contributed by atoms with Gasteiger partial charge in [-0.15, -0.1) is 0 Å². The molecule has 2 fully saturated rings. The lowest BCUT2D eigenvalue weighted by Crippen LogP contribution is -2.33. The van der Waals surface area contributed by atoms with E-state index in [1.165, 1.54) is 0 Å². The number of likely N-dealkylation sites (tertiary alicyclic amines) is 1. The standard InChI is InChI=1S/C18H26N2O3/c1-3-22-16-8-6-12(9-17(16)23-4-2)18(21)20-10-13-5-7-15(19)14(13)11-20/h6,8-9,13-15H,3-5,7,10-11,19H2,1-2H3. The van der Waals surface area contributed by atoms with Crippen molar-refractivity contribution in [1.82, 2.24) is 4.90 Å². The van der Waals surface area contributed by atoms with Crippen LogP contribution < -0.4 is 15.2 Å². The Morgan fingerprint density at radius 1 is 1.17 bits per heavy atom. The van der Waals surface area contributed by atoms with Crippen LogP contribution in [0.15, 0.2) is 18.2 Å². The summed E-state index contributed by atoms with van der Waals surface area (Å²) in [4.78, 5) is 14.7. The monoisotopic (exact) mass is 318 g/mol. The summed E-state index contributed by atoms with van der Waals surface area (Å²) in [5.74, 6) is 2.43. The summed E-state index contributed by atoms with van der Waals surface area (Å²) in [6, 6.07) is 5.69. The number of carbonyl (C=O) groups excluding carboxylic acids is 1. The highest BCUT2D eigenvalue weighted by atomic mass is 16.5. The average molecular weight is 318 g/mol. The van der Waals surface area contributed by atoms with Crippen molar-refractivity contribution in [2.75, 3.05) is 26.3 Å². The molecule has 1 aliphatic carbocycles. The highest BCUT2D eigenvalue weighted by Gasteiger charge is 2.42. The van der Waals surface area contributed by atoms with Crippen molar-refractivity contribution in [2.24, 2.45) is 17.6 Å². The molecule has 1 heterocycles. The van der Waals surface area contributed by atoms with Crippen molar-refractivity contribution < 1.29 is 14.3 Å². The average Bonchev–Trinajstić information content (AvgIpc) is 3.11. The van der Waals surface area contributed by atoms with Crippen molar-refractivity contribution >= 4 is 5.91 Å². The minimum Gasteiger partial charge on any atom is -0.490 e. The first-order valence-electron chi connectivity index (χ1n) is 8.58. The van der Waals surface area contributed by atoms with Crippen molar-refractivity contribution in [3.05, 3.63) is 23.8 Å². The predicted octanol–water partition coefficient (Wildman–Crippen LogP) is 2.29. The van der Waals surface area contributed by atoms with E-state index in [2.05, 4.69) is 0 Å². The number of nitrogens with two attached hydrogens (primary N) is 1. The van der Waals surface area contributed by atoms with E-state index in [4.69, 9.17) is 15.2 Å². The van der Waals surface area contributed by atoms with Crippen LogP contribution in [0.2, 0.25) is 0 Å². The smallest absolute Gasteiger partial charge is 0.254 e. The van der Waals surface area contributed by atoms with E-state index in [-0.39, 0.29) is 11.9 Å². The number of hydrogen-bond acceptors (Lipinski definition) is 4. The molecule has 2 N–H and O–H groups in total. The Hall–Kier alpha value is -1.75. The van der Waals surface area contributed by atoms with Crippen LogP contribution in [0.25, 0.3) is 0 Å². The zero-order chi connectivity index (χ0) is 16.4. The van der Waals surface area contributed by atoms with Gasteiger partial charge in [-0.3, -0.25) is 4.79 Å². The molecule has 1 aliphatic heterocycles. The molecule has 5 nitrogen and oxygen atoms in total. The number of ether oxygens (including phenoxy) is 2. The van der Waals surface area contributed by atoms with Gasteiger partial charge in [-0.05, 0) is 56.7 Å². The lowest BCUT2D eigenvalue weighted by molar-refractivity contribution is 0.0779. The van der Waals surface area contributed by atoms with Gasteiger partial charge in [0.2, 0.25) is 0 Å². The second-order valence-electron chi connectivity index (χ2n) is 6.40. The van der Waals surface area contributed by atoms with Gasteiger partial charge in [0.15, 0.2) is 11.5 Å². The molecule has 0 spiro atoms. The molecule has 126 valence electrons. The normalized spacial score (nSPS) is 26.2. The Kier molecular flexibility index (Phi) is 4.76. The fraction of sp³-hybridized carbons (Fsp3) is 0.611. The number of nitrogens with zero attached hydrogens (tertiary/aromatic N) is 1. The van der Waals surface area contributed by atoms with Gasteiger partial charge in [0.25, 0.3) is 5.91 Å². The van der Waals surface area contributed by atoms with E-state index < -0.39 is 0 Å². The van der Waals surface area contributed by atoms with Crippen LogP contribution in [0.5, 0.6) is 11.5 Å². The van der Waals surface area contributed by atoms with Crippen molar-refractivity contribution in [3.63, 3.8) is 0 Å². The molecule has 23 heavy (non-hydrogen) atoms. The van der Waals surface area contributed by atoms with Crippen LogP contribution in [-0.4, -0.2) is 43.2 Å². The molecular formula is C18H26N2O3. The molecule has 1 amide bonds. The summed E-state index contributed by atoms with van der Waals surface area (Å²) in [6.45, 7) is 6.58. The third kappa shape index (κ3) is 3.15. The van der Waals surface area contributed by atoms with Crippen LogP contribution in [0.3, 0.4) is 0 Å². The summed E-state index contributed by atoms with van der Waals surface area (Å²) in [6.07, 6.45) is 2.23. The number of fused-ring (bicyclic) bond motifs is 1. The van der Waals surface area contributed by atoms with E-state index in [1.807, 2.05) is 30.9 Å². The Morgan fingerprint density at radius 2 is 1.91 bits per heavy atom. The molecule has 1 aromatic carbocycles. The zero-order valence-corrected chi connectivity index (χ0v) is 14.0. The summed E-state index contributed by atoms with van der Waals surface area (Å²) in [7, 11) is 0. The van der Waals surface area contributed by atoms with Gasteiger partial charge in [0, 0.05) is 24.7 Å². The Labute approximate surface area is 137 Å². The minimum absolute atomic E-state index is 0.0654. The fourth-order valence-corrected chi connectivity index (χ4v) is 3.84. The van der Waals surface area contributed by atoms with E-state index in [0.717, 1.165) is 25.9 Å². The van der Waals surface area contributed by atoms with Gasteiger partial charge in [-0.2, -0.15) is 0 Å². The Morgan fingerprint density at radius 3 is 2.61 bits per heavy atom. The van der Waals surface area contributed by atoms with Crippen molar-refractivity contribution in [1.29, 1.82) is 0 Å². The van der Waals surface area contributed by atoms with Crippen LogP contribution in [0, 0.1) is 11.8 Å². The van der Waals surface area contributed by atoms with Crippen molar-refractivity contribution in [2.45, 2.75) is 32.7 Å². The van der Waals surface area contributed by atoms with E-state index >= 15 is 0 Å². The fourth-order valence-electron chi connectivity index (χ4n) is 3.84. The molecular weight excluding hydrogens is 292 g/mol. The second-order valence-corrected chi connectivity index (χ2v) is 6.40. The second kappa shape index (κ2) is 6.79. The molecule has 3 unspecified atom stereocenters. The number of hydrogen-bond donors (Lipinski definition) is 1. The molecule has 1 aromatic rings. The number of amides is 1. The number of benzene rings is 1. The minimum atomic E-state index is 0.0654. The van der Waals surface area contributed by atoms with Gasteiger partial charge in [0.1, 0.15) is 0 Å². The van der Waals surface area contributed by atoms with Gasteiger partial charge < -0.3 is 20.1 Å². The van der Waals surface area contributed by atoms with Crippen LogP contribution >= 0.6 is 0 Å². The van der Waals surface area contributed by atoms with Crippen LogP contribution in [0.1, 0.15) is 37.0 Å². The molecule has 2 aliphatic rings. The highest BCUT2D eigenvalue weighted by molar-refractivity contribution is 5.95. The molecule has 5 heteroatoms. The zero-order valence-electron chi connectivity index (χ0n) is 14.0. The van der Waals surface area contributed by atoms with Gasteiger partial charge in [-0.1, -0.05) is 0 Å². The topological polar surface area (TPSA) is 64.8 Å². The first kappa shape index (κ1) is 16.1. The Balaban J connectivity index is 1.76. The lowest BCUT2D eigenvalue weighted by Gasteiger charge is -2.20. The summed E-state index contributed by atoms with van der Waals surface area (Å²) < 4.78 is 11.2. The van der Waals surface area contributed by atoms with E-state index in [0.29, 0.717) is 42.1 Å². The van der Waals surface area contributed by atoms with E-state index in [1.54, 1.807) is 6.07 Å². The van der Waals surface area contributed by atoms with Crippen LogP contribution in [-0.2, 0) is 0 Å². The molecule has 0 radical (unpaired) electrons.